The maximum atomic E-state index is 11.8. The maximum absolute atomic E-state index is 11.8. The molecule has 21 heavy (non-hydrogen) atoms. The molecule has 1 aromatic rings. The lowest BCUT2D eigenvalue weighted by Gasteiger charge is -2.07. The number of esters is 1. The third-order valence-corrected chi connectivity index (χ3v) is 2.43. The highest BCUT2D eigenvalue weighted by Gasteiger charge is 2.21. The second kappa shape index (κ2) is 7.16. The lowest BCUT2D eigenvalue weighted by Crippen LogP contribution is -2.14. The zero-order valence-corrected chi connectivity index (χ0v) is 11.9. The molecule has 0 aliphatic rings. The lowest BCUT2D eigenvalue weighted by atomic mass is 10.1. The van der Waals surface area contributed by atoms with Crippen molar-refractivity contribution in [2.24, 2.45) is 0 Å². The van der Waals surface area contributed by atoms with Gasteiger partial charge in [0.05, 0.1) is 21.5 Å². The number of nitro groups is 2. The van der Waals surface area contributed by atoms with E-state index in [1.165, 1.54) is 6.08 Å². The van der Waals surface area contributed by atoms with Crippen LogP contribution in [0.15, 0.2) is 30.9 Å². The van der Waals surface area contributed by atoms with Crippen LogP contribution in [0, 0.1) is 31.0 Å². The number of ether oxygens (including phenoxy) is 1. The molecule has 0 N–H and O–H groups in total. The van der Waals surface area contributed by atoms with Gasteiger partial charge in [-0.25, -0.2) is 4.79 Å². The van der Waals surface area contributed by atoms with E-state index in [2.05, 4.69) is 33.3 Å². The van der Waals surface area contributed by atoms with Gasteiger partial charge in [0, 0.05) is 28.1 Å². The fourth-order valence-electron chi connectivity index (χ4n) is 1.30. The minimum atomic E-state index is -0.984. The Hall–Kier alpha value is -2.73. The van der Waals surface area contributed by atoms with Crippen molar-refractivity contribution in [1.29, 1.82) is 0 Å². The van der Waals surface area contributed by atoms with Crippen LogP contribution in [0.25, 0.3) is 0 Å². The molecule has 1 atom stereocenters. The van der Waals surface area contributed by atoms with E-state index < -0.39 is 33.3 Å². The van der Waals surface area contributed by atoms with Gasteiger partial charge < -0.3 is 4.74 Å². The third kappa shape index (κ3) is 4.39. The first-order valence-corrected chi connectivity index (χ1v) is 6.07. The van der Waals surface area contributed by atoms with E-state index in [0.717, 1.165) is 18.2 Å². The van der Waals surface area contributed by atoms with Gasteiger partial charge in [-0.1, -0.05) is 6.58 Å². The summed E-state index contributed by atoms with van der Waals surface area (Å²) < 4.78 is 4.89. The van der Waals surface area contributed by atoms with Crippen molar-refractivity contribution in [3.8, 4) is 10.8 Å². The number of nitrogens with zero attached hydrogens (tertiary/aromatic N) is 2. The summed E-state index contributed by atoms with van der Waals surface area (Å²) in [6.45, 7) is 3.40. The monoisotopic (exact) mass is 354 g/mol. The molecule has 0 amide bonds. The minimum absolute atomic E-state index is 0.320. The fourth-order valence-corrected chi connectivity index (χ4v) is 1.52. The Kier molecular flexibility index (Phi) is 5.57. The van der Waals surface area contributed by atoms with Crippen LogP contribution in [-0.2, 0) is 4.74 Å². The number of carbonyl (C=O) groups excluding carboxylic acids is 1. The number of rotatable bonds is 5. The van der Waals surface area contributed by atoms with Gasteiger partial charge in [0.1, 0.15) is 0 Å². The Labute approximate surface area is 126 Å². The molecular formula is C12H7BrN2O6. The first-order chi connectivity index (χ1) is 9.88. The molecule has 0 heterocycles. The number of nitro benzene ring substituents is 2. The van der Waals surface area contributed by atoms with Crippen LogP contribution in [0.2, 0.25) is 0 Å². The summed E-state index contributed by atoms with van der Waals surface area (Å²) in [6, 6.07) is 2.52. The summed E-state index contributed by atoms with van der Waals surface area (Å²) in [5, 5.41) is 21.4. The molecule has 1 rings (SSSR count). The van der Waals surface area contributed by atoms with E-state index in [4.69, 9.17) is 4.74 Å². The van der Waals surface area contributed by atoms with Gasteiger partial charge in [-0.15, -0.1) is 0 Å². The van der Waals surface area contributed by atoms with Crippen molar-refractivity contribution in [1.82, 2.24) is 0 Å². The smallest absolute Gasteiger partial charge is 0.340 e. The molecule has 8 nitrogen and oxygen atoms in total. The van der Waals surface area contributed by atoms with Gasteiger partial charge in [-0.05, 0) is 16.8 Å². The Balaban J connectivity index is 3.18. The zero-order valence-electron chi connectivity index (χ0n) is 10.3. The predicted octanol–water partition coefficient (Wildman–Crippen LogP) is 2.57. The van der Waals surface area contributed by atoms with E-state index >= 15 is 0 Å². The van der Waals surface area contributed by atoms with Gasteiger partial charge in [-0.3, -0.25) is 20.2 Å². The van der Waals surface area contributed by atoms with Crippen LogP contribution >= 0.6 is 15.9 Å². The van der Waals surface area contributed by atoms with E-state index in [1.807, 2.05) is 0 Å². The summed E-state index contributed by atoms with van der Waals surface area (Å²) >= 11 is 2.82. The van der Waals surface area contributed by atoms with Crippen LogP contribution in [-0.4, -0.2) is 21.9 Å². The van der Waals surface area contributed by atoms with E-state index in [0.29, 0.717) is 0 Å². The molecule has 0 aliphatic carbocycles. The molecule has 0 aliphatic heterocycles. The van der Waals surface area contributed by atoms with Crippen molar-refractivity contribution < 1.29 is 19.4 Å². The van der Waals surface area contributed by atoms with Gasteiger partial charge in [0.15, 0.2) is 6.10 Å². The van der Waals surface area contributed by atoms with Gasteiger partial charge in [0.25, 0.3) is 11.4 Å². The average Bonchev–Trinajstić information content (AvgIpc) is 2.45. The molecule has 0 spiro atoms. The molecule has 0 saturated heterocycles. The van der Waals surface area contributed by atoms with Crippen LogP contribution < -0.4 is 0 Å². The molecule has 0 aromatic heterocycles. The number of hydrogen-bond acceptors (Lipinski definition) is 6. The lowest BCUT2D eigenvalue weighted by molar-refractivity contribution is -0.394. The molecule has 0 radical (unpaired) electrons. The highest BCUT2D eigenvalue weighted by Crippen LogP contribution is 2.23. The van der Waals surface area contributed by atoms with E-state index in [-0.39, 0.29) is 5.56 Å². The minimum Gasteiger partial charge on any atom is -0.441 e. The molecule has 9 heteroatoms. The largest absolute Gasteiger partial charge is 0.441 e. The summed E-state index contributed by atoms with van der Waals surface area (Å²) in [7, 11) is 0. The zero-order chi connectivity index (χ0) is 16.0. The molecule has 0 unspecified atom stereocenters. The van der Waals surface area contributed by atoms with Crippen molar-refractivity contribution in [3.63, 3.8) is 0 Å². The van der Waals surface area contributed by atoms with Crippen molar-refractivity contribution in [2.75, 3.05) is 0 Å². The van der Waals surface area contributed by atoms with Crippen LogP contribution in [0.1, 0.15) is 10.4 Å². The number of hydrogen-bond donors (Lipinski definition) is 0. The summed E-state index contributed by atoms with van der Waals surface area (Å²) in [5.74, 6) is 1.46. The quantitative estimate of drug-likeness (QED) is 0.264. The molecular weight excluding hydrogens is 348 g/mol. The highest BCUT2D eigenvalue weighted by atomic mass is 79.9. The number of carbonyl (C=O) groups is 1. The standard InChI is InChI=1S/C12H7BrN2O6/c1-2-11(3-4-13)21-12(16)8-5-9(14(17)18)7-10(6-8)15(19)20/h2,5-7,11H,1H2/t11-/m0/s1. The Bertz CT molecular complexity index is 644. The first kappa shape index (κ1) is 16.3. The highest BCUT2D eigenvalue weighted by molar-refractivity contribution is 9.12. The normalized spacial score (nSPS) is 10.7. The Morgan fingerprint density at radius 3 is 2.19 bits per heavy atom. The van der Waals surface area contributed by atoms with Crippen molar-refractivity contribution in [2.45, 2.75) is 6.10 Å². The average molecular weight is 355 g/mol. The van der Waals surface area contributed by atoms with Crippen LogP contribution in [0.4, 0.5) is 11.4 Å². The van der Waals surface area contributed by atoms with Crippen molar-refractivity contribution >= 4 is 33.3 Å². The maximum Gasteiger partial charge on any atom is 0.340 e. The number of halogens is 1. The Morgan fingerprint density at radius 2 is 1.81 bits per heavy atom. The molecule has 0 fully saturated rings. The van der Waals surface area contributed by atoms with Gasteiger partial charge in [0.2, 0.25) is 0 Å². The molecule has 1 aromatic carbocycles. The van der Waals surface area contributed by atoms with Gasteiger partial charge in [-0.2, -0.15) is 0 Å². The topological polar surface area (TPSA) is 113 Å². The Morgan fingerprint density at radius 1 is 1.29 bits per heavy atom. The molecule has 108 valence electrons. The summed E-state index contributed by atoms with van der Waals surface area (Å²) in [4.78, 5) is 33.9. The second-order valence-electron chi connectivity index (χ2n) is 3.55. The molecule has 0 saturated carbocycles. The second-order valence-corrected chi connectivity index (χ2v) is 3.95. The SMILES string of the molecule is C=C[C@@H](C#CBr)OC(=O)c1cc([N+](=O)[O-])cc([N+](=O)[O-])c1. The molecule has 0 bridgehead atoms. The number of benzene rings is 1. The first-order valence-electron chi connectivity index (χ1n) is 5.27. The van der Waals surface area contributed by atoms with E-state index in [9.17, 15) is 25.0 Å². The van der Waals surface area contributed by atoms with Crippen LogP contribution in [0.5, 0.6) is 0 Å². The third-order valence-electron chi connectivity index (χ3n) is 2.20. The fraction of sp³-hybridized carbons (Fsp3) is 0.0833. The van der Waals surface area contributed by atoms with Crippen molar-refractivity contribution in [3.05, 3.63) is 56.6 Å². The number of non-ortho nitro benzene ring substituents is 2. The van der Waals surface area contributed by atoms with E-state index in [1.54, 1.807) is 0 Å². The predicted molar refractivity (Wildman–Crippen MR) is 75.9 cm³/mol. The summed E-state index contributed by atoms with van der Waals surface area (Å²) in [5.41, 5.74) is -1.49. The van der Waals surface area contributed by atoms with Crippen LogP contribution in [0.3, 0.4) is 0 Å². The summed E-state index contributed by atoms with van der Waals surface area (Å²) in [6.07, 6.45) is 0.285. The van der Waals surface area contributed by atoms with Gasteiger partial charge >= 0.3 is 5.97 Å².